The van der Waals surface area contributed by atoms with Gasteiger partial charge >= 0.3 is 22.8 Å². The Morgan fingerprint density at radius 3 is 0.987 bits per heavy atom. The molecule has 0 aliphatic carbocycles. The van der Waals surface area contributed by atoms with Crippen molar-refractivity contribution in [3.05, 3.63) is 105 Å². The Hall–Kier alpha value is -3.36. The predicted octanol–water partition coefficient (Wildman–Crippen LogP) is -2.13. The SMILES string of the molecule is O=c1[nH]c(=S)c(Cl)cn1[C@@H]1O[C@](F)(CO)[C@@H](O)[C@H]1O.[2H]C([2H])(O)[C@@]1(F)O[C@@H](n2cc(Cl)c(=S)[nH]c2=O)[C@H](O)[C@@H]1O.[2H]C([2H])(O)[C@@]1(F)O[C@@]([2H])(n2cc(Cl)c(=S)[nH]c2=O)[C@H](O)[C@@H]1O.[2H][C@@]1(n2cc(Cl)c(=S)[nH]c2=O)O[C@](F)(CO)[C@@H](O)[C@H]1O. The number of aromatic nitrogens is 8. The molecule has 4 aliphatic heterocycles. The van der Waals surface area contributed by atoms with E-state index in [1.165, 1.54) is 0 Å². The van der Waals surface area contributed by atoms with Crippen LogP contribution in [0.3, 0.4) is 0 Å². The van der Waals surface area contributed by atoms with Gasteiger partial charge in [0.1, 0.15) is 93.7 Å². The van der Waals surface area contributed by atoms with E-state index in [1.54, 1.807) is 0 Å². The zero-order valence-corrected chi connectivity index (χ0v) is 42.9. The van der Waals surface area contributed by atoms with Crippen LogP contribution in [0.1, 0.15) is 33.1 Å². The topological polar surface area (TPSA) is 431 Å². The molecule has 0 aromatic carbocycles. The van der Waals surface area contributed by atoms with Crippen LogP contribution in [-0.2, 0) is 18.9 Å². The fourth-order valence-corrected chi connectivity index (χ4v) is 7.66. The molecular formula is C36H40Cl4F4N8O20S4. The zero-order valence-electron chi connectivity index (χ0n) is 42.6. The third-order valence-corrected chi connectivity index (χ3v) is 13.4. The maximum atomic E-state index is 14.4. The van der Waals surface area contributed by atoms with Crippen LogP contribution in [0.5, 0.6) is 0 Å². The molecule has 424 valence electrons. The van der Waals surface area contributed by atoms with Crippen molar-refractivity contribution in [3.63, 3.8) is 0 Å². The highest BCUT2D eigenvalue weighted by Gasteiger charge is 2.59. The second kappa shape index (κ2) is 24.6. The molecular weight excluding hydrogens is 1210 g/mol. The van der Waals surface area contributed by atoms with Gasteiger partial charge in [-0.3, -0.25) is 38.2 Å². The summed E-state index contributed by atoms with van der Waals surface area (Å²) in [7, 11) is 0. The average molecular weight is 1260 g/mol. The number of rotatable bonds is 8. The van der Waals surface area contributed by atoms with Crippen LogP contribution in [0, 0.1) is 18.6 Å². The number of ether oxygens (including phenoxy) is 4. The third kappa shape index (κ3) is 12.6. The standard InChI is InChI=1S/4C9H10ClFN2O5S/c4*10-3-1-13(8(17)12-6(3)19)7-4(15)5(16)9(11,2-14)18-7/h4*1,4-5,7,14-16H,2H2,(H,12,17,19)/t4*4-,5+,7-,9-/m1111/s1/i2D2,7D;7D;2D2;. The van der Waals surface area contributed by atoms with Gasteiger partial charge in [0.25, 0.3) is 23.4 Å². The van der Waals surface area contributed by atoms with Crippen LogP contribution in [0.2, 0.25) is 20.1 Å². The summed E-state index contributed by atoms with van der Waals surface area (Å²) in [6.45, 7) is -9.85. The first-order valence-electron chi connectivity index (χ1n) is 23.0. The van der Waals surface area contributed by atoms with E-state index in [4.69, 9.17) is 116 Å². The largest absolute Gasteiger partial charge is 0.390 e. The zero-order chi connectivity index (χ0) is 62.9. The molecule has 16 atom stereocenters. The Bertz CT molecular complexity index is 3580. The molecule has 0 spiro atoms. The number of hydrogen-bond donors (Lipinski definition) is 16. The van der Waals surface area contributed by atoms with Crippen LogP contribution in [0.25, 0.3) is 0 Å². The fourth-order valence-electron chi connectivity index (χ4n) is 6.50. The van der Waals surface area contributed by atoms with E-state index in [0.29, 0.717) is 9.13 Å². The van der Waals surface area contributed by atoms with E-state index in [2.05, 4.69) is 41.4 Å². The summed E-state index contributed by atoms with van der Waals surface area (Å²) in [6.07, 6.45) is -23.1. The van der Waals surface area contributed by atoms with Gasteiger partial charge in [-0.25, -0.2) is 36.7 Å². The molecule has 16 N–H and O–H groups in total. The Morgan fingerprint density at radius 1 is 0.474 bits per heavy atom. The summed E-state index contributed by atoms with van der Waals surface area (Å²) in [5.74, 6) is -13.4. The van der Waals surface area contributed by atoms with Crippen molar-refractivity contribution in [2.45, 2.75) is 97.1 Å². The fraction of sp³-hybridized carbons (Fsp3) is 0.556. The normalized spacial score (nSPS) is 38.2. The van der Waals surface area contributed by atoms with Crippen molar-refractivity contribution >= 4 is 95.3 Å². The predicted molar refractivity (Wildman–Crippen MR) is 256 cm³/mol. The molecule has 4 saturated heterocycles. The van der Waals surface area contributed by atoms with Crippen molar-refractivity contribution in [2.24, 2.45) is 0 Å². The van der Waals surface area contributed by atoms with E-state index in [1.807, 2.05) is 4.98 Å². The number of aliphatic hydroxyl groups is 12. The lowest BCUT2D eigenvalue weighted by Gasteiger charge is -2.20. The van der Waals surface area contributed by atoms with Gasteiger partial charge in [0.05, 0.1) is 28.3 Å². The first kappa shape index (κ1) is 54.6. The molecule has 0 unspecified atom stereocenters. The van der Waals surface area contributed by atoms with E-state index >= 15 is 0 Å². The van der Waals surface area contributed by atoms with Gasteiger partial charge in [-0.15, -0.1) is 0 Å². The van der Waals surface area contributed by atoms with E-state index in [-0.39, 0.29) is 43.2 Å². The van der Waals surface area contributed by atoms with Gasteiger partial charge in [-0.1, -0.05) is 95.3 Å². The van der Waals surface area contributed by atoms with Gasteiger partial charge in [-0.05, 0) is 0 Å². The highest BCUT2D eigenvalue weighted by Crippen LogP contribution is 2.41. The molecule has 0 saturated carbocycles. The van der Waals surface area contributed by atoms with Crippen molar-refractivity contribution < 1.29 is 106 Å². The van der Waals surface area contributed by atoms with Gasteiger partial charge in [-0.2, -0.15) is 0 Å². The number of hydrogen-bond acceptors (Lipinski definition) is 24. The molecule has 0 radical (unpaired) electrons. The number of aromatic amines is 4. The van der Waals surface area contributed by atoms with Crippen molar-refractivity contribution in [3.8, 4) is 0 Å². The molecule has 4 aromatic rings. The van der Waals surface area contributed by atoms with Crippen LogP contribution >= 0.6 is 95.3 Å². The Balaban J connectivity index is 0.000000201. The Labute approximate surface area is 466 Å². The summed E-state index contributed by atoms with van der Waals surface area (Å²) in [4.78, 5) is 55.4. The summed E-state index contributed by atoms with van der Waals surface area (Å²) in [5, 5.41) is 113. The van der Waals surface area contributed by atoms with Crippen molar-refractivity contribution in [1.29, 1.82) is 0 Å². The molecule has 8 rings (SSSR count). The van der Waals surface area contributed by atoms with Gasteiger partial charge in [0.2, 0.25) is 0 Å². The summed E-state index contributed by atoms with van der Waals surface area (Å²) < 4.78 is 120. The smallest absolute Gasteiger partial charge is 0.328 e. The number of H-pyrrole nitrogens is 4. The van der Waals surface area contributed by atoms with Crippen LogP contribution < -0.4 is 22.8 Å². The summed E-state index contributed by atoms with van der Waals surface area (Å²) in [6, 6.07) is 0. The minimum absolute atomic E-state index is 0.0137. The number of alkyl halides is 4. The Morgan fingerprint density at radius 2 is 0.711 bits per heavy atom. The average Bonchev–Trinajstić information content (AvgIpc) is 2.89. The minimum atomic E-state index is -3.85. The lowest BCUT2D eigenvalue weighted by atomic mass is 10.1. The minimum Gasteiger partial charge on any atom is -0.390 e. The maximum Gasteiger partial charge on any atom is 0.328 e. The van der Waals surface area contributed by atoms with Crippen LogP contribution in [0.4, 0.5) is 17.6 Å². The highest BCUT2D eigenvalue weighted by atomic mass is 35.5. The molecule has 0 amide bonds. The maximum absolute atomic E-state index is 14.4. The lowest BCUT2D eigenvalue weighted by Crippen LogP contribution is -2.42. The van der Waals surface area contributed by atoms with Crippen molar-refractivity contribution in [2.75, 3.05) is 26.3 Å². The number of nitrogens with one attached hydrogen (secondary N) is 4. The first-order valence-corrected chi connectivity index (χ1v) is 23.1. The third-order valence-electron chi connectivity index (χ3n) is 10.5. The quantitative estimate of drug-likeness (QED) is 0.0662. The summed E-state index contributed by atoms with van der Waals surface area (Å²) in [5.41, 5.74) is -3.85. The molecule has 40 heteroatoms. The summed E-state index contributed by atoms with van der Waals surface area (Å²) >= 11 is 41.6. The van der Waals surface area contributed by atoms with Crippen molar-refractivity contribution in [1.82, 2.24) is 38.2 Å². The molecule has 4 fully saturated rings. The number of nitrogens with zero attached hydrogens (tertiary/aromatic N) is 4. The van der Waals surface area contributed by atoms with Crippen LogP contribution in [-0.4, -0.2) is 198 Å². The monoisotopic (exact) mass is 1250 g/mol. The van der Waals surface area contributed by atoms with Gasteiger partial charge in [0, 0.05) is 24.8 Å². The van der Waals surface area contributed by atoms with E-state index in [0.717, 1.165) is 29.4 Å². The Kier molecular flexibility index (Phi) is 17.6. The molecule has 4 aromatic heterocycles. The number of halogens is 8. The highest BCUT2D eigenvalue weighted by molar-refractivity contribution is 7.72. The second-order valence-corrected chi connectivity index (χ2v) is 18.7. The molecule has 76 heavy (non-hydrogen) atoms. The lowest BCUT2D eigenvalue weighted by molar-refractivity contribution is -0.207. The molecule has 8 heterocycles. The number of aliphatic hydroxyl groups excluding tert-OH is 10. The molecule has 28 nitrogen and oxygen atoms in total. The second-order valence-electron chi connectivity index (χ2n) is 15.4. The molecule has 4 aliphatic rings. The van der Waals surface area contributed by atoms with Crippen LogP contribution in [0.15, 0.2) is 44.0 Å². The molecule has 0 bridgehead atoms. The van der Waals surface area contributed by atoms with E-state index in [9.17, 15) is 77.6 Å². The van der Waals surface area contributed by atoms with Gasteiger partial charge in [0.15, 0.2) is 24.9 Å². The first-order chi connectivity index (χ1) is 37.3. The van der Waals surface area contributed by atoms with E-state index < -0.39 is 146 Å². The van der Waals surface area contributed by atoms with Gasteiger partial charge < -0.3 is 80.2 Å².